The third-order valence-electron chi connectivity index (χ3n) is 5.20. The van der Waals surface area contributed by atoms with Gasteiger partial charge in [-0.1, -0.05) is 6.07 Å². The first-order chi connectivity index (χ1) is 12.4. The van der Waals surface area contributed by atoms with Gasteiger partial charge in [0.25, 0.3) is 11.8 Å². The van der Waals surface area contributed by atoms with Gasteiger partial charge in [-0.2, -0.15) is 0 Å². The van der Waals surface area contributed by atoms with Crippen molar-refractivity contribution in [1.29, 1.82) is 0 Å². The summed E-state index contributed by atoms with van der Waals surface area (Å²) in [7, 11) is 0. The molecule has 0 aromatic heterocycles. The highest BCUT2D eigenvalue weighted by Gasteiger charge is 2.20. The summed E-state index contributed by atoms with van der Waals surface area (Å²) in [6.45, 7) is 9.60. The van der Waals surface area contributed by atoms with E-state index in [4.69, 9.17) is 0 Å². The number of benzene rings is 2. The maximum atomic E-state index is 12.7. The second-order valence-corrected chi connectivity index (χ2v) is 7.23. The van der Waals surface area contributed by atoms with Crippen LogP contribution >= 0.6 is 0 Å². The molecule has 1 N–H and O–H groups in total. The molecule has 1 heterocycles. The summed E-state index contributed by atoms with van der Waals surface area (Å²) in [5, 5.41) is 2.99. The zero-order valence-corrected chi connectivity index (χ0v) is 16.0. The lowest BCUT2D eigenvalue weighted by Crippen LogP contribution is -2.27. The van der Waals surface area contributed by atoms with E-state index in [1.54, 1.807) is 6.07 Å². The molecule has 0 radical (unpaired) electrons. The van der Waals surface area contributed by atoms with Gasteiger partial charge in [-0.05, 0) is 87.1 Å². The number of amides is 2. The number of aryl methyl sites for hydroxylation is 4. The number of likely N-dealkylation sites (tertiary alicyclic amines) is 1. The van der Waals surface area contributed by atoms with Crippen molar-refractivity contribution < 1.29 is 9.59 Å². The molecule has 1 aliphatic heterocycles. The van der Waals surface area contributed by atoms with Crippen LogP contribution in [0.25, 0.3) is 0 Å². The fourth-order valence-electron chi connectivity index (χ4n) is 3.43. The van der Waals surface area contributed by atoms with Crippen LogP contribution in [0.1, 0.15) is 55.8 Å². The predicted molar refractivity (Wildman–Crippen MR) is 105 cm³/mol. The first-order valence-corrected chi connectivity index (χ1v) is 9.16. The largest absolute Gasteiger partial charge is 0.339 e. The lowest BCUT2D eigenvalue weighted by atomic mass is 10.00. The minimum Gasteiger partial charge on any atom is -0.339 e. The quantitative estimate of drug-likeness (QED) is 0.891. The normalized spacial score (nSPS) is 13.8. The summed E-state index contributed by atoms with van der Waals surface area (Å²) >= 11 is 0. The van der Waals surface area contributed by atoms with Gasteiger partial charge < -0.3 is 10.2 Å². The first kappa shape index (κ1) is 18.2. The number of rotatable bonds is 3. The van der Waals surface area contributed by atoms with Crippen LogP contribution in [0.15, 0.2) is 30.3 Å². The molecule has 0 unspecified atom stereocenters. The van der Waals surface area contributed by atoms with Gasteiger partial charge in [0.1, 0.15) is 0 Å². The van der Waals surface area contributed by atoms with Crippen LogP contribution < -0.4 is 5.32 Å². The van der Waals surface area contributed by atoms with E-state index in [1.165, 1.54) is 5.56 Å². The monoisotopic (exact) mass is 350 g/mol. The molecule has 1 fully saturated rings. The number of nitrogens with zero attached hydrogens (tertiary/aromatic N) is 1. The number of anilines is 1. The van der Waals surface area contributed by atoms with E-state index in [0.29, 0.717) is 11.1 Å². The highest BCUT2D eigenvalue weighted by Crippen LogP contribution is 2.22. The lowest BCUT2D eigenvalue weighted by Gasteiger charge is -2.17. The fraction of sp³-hybridized carbons (Fsp3) is 0.364. The van der Waals surface area contributed by atoms with E-state index in [9.17, 15) is 9.59 Å². The minimum absolute atomic E-state index is 0.0773. The number of carbonyl (C=O) groups excluding carboxylic acids is 2. The maximum Gasteiger partial charge on any atom is 0.255 e. The Hall–Kier alpha value is -2.62. The number of nitrogens with one attached hydrogen (secondary N) is 1. The van der Waals surface area contributed by atoms with E-state index < -0.39 is 0 Å². The highest BCUT2D eigenvalue weighted by molar-refractivity contribution is 6.06. The molecule has 3 rings (SSSR count). The molecule has 0 atom stereocenters. The van der Waals surface area contributed by atoms with Crippen molar-refractivity contribution in [1.82, 2.24) is 4.90 Å². The molecule has 1 aliphatic rings. The molecule has 0 spiro atoms. The molecule has 26 heavy (non-hydrogen) atoms. The summed E-state index contributed by atoms with van der Waals surface area (Å²) < 4.78 is 0. The molecule has 0 aliphatic carbocycles. The zero-order chi connectivity index (χ0) is 18.8. The average molecular weight is 350 g/mol. The number of carbonyl (C=O) groups is 2. The molecule has 136 valence electrons. The van der Waals surface area contributed by atoms with Crippen molar-refractivity contribution in [2.75, 3.05) is 18.4 Å². The van der Waals surface area contributed by atoms with E-state index in [-0.39, 0.29) is 11.8 Å². The van der Waals surface area contributed by atoms with Crippen molar-refractivity contribution >= 4 is 17.5 Å². The Morgan fingerprint density at radius 3 is 2.15 bits per heavy atom. The van der Waals surface area contributed by atoms with Crippen LogP contribution in [-0.4, -0.2) is 29.8 Å². The van der Waals surface area contributed by atoms with Gasteiger partial charge in [0, 0.05) is 29.9 Å². The van der Waals surface area contributed by atoms with Crippen LogP contribution in [0.2, 0.25) is 0 Å². The van der Waals surface area contributed by atoms with Crippen molar-refractivity contribution in [3.05, 3.63) is 63.7 Å². The Balaban J connectivity index is 1.79. The summed E-state index contributed by atoms with van der Waals surface area (Å²) in [5.74, 6) is -0.0409. The Bertz CT molecular complexity index is 865. The summed E-state index contributed by atoms with van der Waals surface area (Å²) in [5.41, 5.74) is 6.25. The average Bonchev–Trinajstić information content (AvgIpc) is 3.13. The van der Waals surface area contributed by atoms with Gasteiger partial charge in [-0.3, -0.25) is 9.59 Å². The predicted octanol–water partition coefficient (Wildman–Crippen LogP) is 4.41. The zero-order valence-electron chi connectivity index (χ0n) is 16.0. The van der Waals surface area contributed by atoms with Gasteiger partial charge in [0.15, 0.2) is 0 Å². The first-order valence-electron chi connectivity index (χ1n) is 9.16. The molecule has 0 bridgehead atoms. The molecule has 4 heteroatoms. The van der Waals surface area contributed by atoms with Gasteiger partial charge >= 0.3 is 0 Å². The van der Waals surface area contributed by atoms with E-state index in [2.05, 4.69) is 5.32 Å². The SMILES string of the molecule is Cc1cc(C)c(C(=O)Nc2ccc(C(=O)N3CCCC3)cc2C)cc1C. The topological polar surface area (TPSA) is 49.4 Å². The second kappa shape index (κ2) is 7.32. The molecule has 2 aromatic rings. The maximum absolute atomic E-state index is 12.7. The number of hydrogen-bond donors (Lipinski definition) is 1. The molecular weight excluding hydrogens is 324 g/mol. The molecule has 4 nitrogen and oxygen atoms in total. The Morgan fingerprint density at radius 1 is 0.846 bits per heavy atom. The van der Waals surface area contributed by atoms with Gasteiger partial charge in [0.05, 0.1) is 0 Å². The Kier molecular flexibility index (Phi) is 5.12. The fourth-order valence-corrected chi connectivity index (χ4v) is 3.43. The van der Waals surface area contributed by atoms with Crippen LogP contribution in [0, 0.1) is 27.7 Å². The van der Waals surface area contributed by atoms with Gasteiger partial charge in [-0.15, -0.1) is 0 Å². The number of hydrogen-bond acceptors (Lipinski definition) is 2. The van der Waals surface area contributed by atoms with Crippen LogP contribution in [0.5, 0.6) is 0 Å². The highest BCUT2D eigenvalue weighted by atomic mass is 16.2. The molecule has 0 saturated carbocycles. The Morgan fingerprint density at radius 2 is 1.50 bits per heavy atom. The summed E-state index contributed by atoms with van der Waals surface area (Å²) in [6.07, 6.45) is 2.16. The standard InChI is InChI=1S/C22H26N2O2/c1-14-11-16(3)19(13-15(14)2)21(25)23-20-8-7-18(12-17(20)4)22(26)24-9-5-6-10-24/h7-8,11-13H,5-6,9-10H2,1-4H3,(H,23,25). The Labute approximate surface area is 155 Å². The van der Waals surface area contributed by atoms with Crippen molar-refractivity contribution in [3.63, 3.8) is 0 Å². The van der Waals surface area contributed by atoms with Crippen molar-refractivity contribution in [2.45, 2.75) is 40.5 Å². The van der Waals surface area contributed by atoms with Gasteiger partial charge in [-0.25, -0.2) is 0 Å². The van der Waals surface area contributed by atoms with E-state index in [1.807, 2.05) is 56.9 Å². The second-order valence-electron chi connectivity index (χ2n) is 7.23. The minimum atomic E-state index is -0.118. The molecular formula is C22H26N2O2. The lowest BCUT2D eigenvalue weighted by molar-refractivity contribution is 0.0792. The van der Waals surface area contributed by atoms with Crippen molar-refractivity contribution in [3.8, 4) is 0 Å². The summed E-state index contributed by atoms with van der Waals surface area (Å²) in [4.78, 5) is 27.1. The van der Waals surface area contributed by atoms with Crippen LogP contribution in [-0.2, 0) is 0 Å². The third kappa shape index (κ3) is 3.64. The van der Waals surface area contributed by atoms with Crippen LogP contribution in [0.3, 0.4) is 0 Å². The van der Waals surface area contributed by atoms with Gasteiger partial charge in [0.2, 0.25) is 0 Å². The third-order valence-corrected chi connectivity index (χ3v) is 5.20. The molecule has 2 aromatic carbocycles. The van der Waals surface area contributed by atoms with E-state index >= 15 is 0 Å². The molecule has 2 amide bonds. The van der Waals surface area contributed by atoms with Crippen LogP contribution in [0.4, 0.5) is 5.69 Å². The molecule has 1 saturated heterocycles. The van der Waals surface area contributed by atoms with E-state index in [0.717, 1.165) is 48.3 Å². The van der Waals surface area contributed by atoms with Crippen molar-refractivity contribution in [2.24, 2.45) is 0 Å². The smallest absolute Gasteiger partial charge is 0.255 e. The summed E-state index contributed by atoms with van der Waals surface area (Å²) in [6, 6.07) is 9.46.